The topological polar surface area (TPSA) is 66.5 Å². The van der Waals surface area contributed by atoms with Crippen molar-refractivity contribution < 1.29 is 14.4 Å². The molecule has 1 N–H and O–H groups in total. The molecule has 0 spiro atoms. The summed E-state index contributed by atoms with van der Waals surface area (Å²) >= 11 is 0. The second-order valence-corrected chi connectivity index (χ2v) is 6.08. The highest BCUT2D eigenvalue weighted by molar-refractivity contribution is 5.97. The first kappa shape index (κ1) is 19.4. The fourth-order valence-electron chi connectivity index (χ4n) is 2.60. The number of ketones is 1. The van der Waals surface area contributed by atoms with Crippen molar-refractivity contribution in [2.75, 3.05) is 20.6 Å². The molecule has 0 bridgehead atoms. The summed E-state index contributed by atoms with van der Waals surface area (Å²) in [4.78, 5) is 37.1. The van der Waals surface area contributed by atoms with Crippen molar-refractivity contribution in [3.05, 3.63) is 59.7 Å². The van der Waals surface area contributed by atoms with E-state index in [4.69, 9.17) is 0 Å². The summed E-state index contributed by atoms with van der Waals surface area (Å²) in [6.07, 6.45) is 0.744. The fourth-order valence-corrected chi connectivity index (χ4v) is 2.60. The van der Waals surface area contributed by atoms with E-state index in [1.165, 1.54) is 4.90 Å². The highest BCUT2D eigenvalue weighted by atomic mass is 16.2. The van der Waals surface area contributed by atoms with Crippen LogP contribution in [0.5, 0.6) is 0 Å². The number of carbonyl (C=O) groups excluding carboxylic acids is 3. The lowest BCUT2D eigenvalue weighted by molar-refractivity contribution is -0.120. The second kappa shape index (κ2) is 8.94. The first-order valence-electron chi connectivity index (χ1n) is 8.66. The summed E-state index contributed by atoms with van der Waals surface area (Å²) in [5, 5.41) is 2.54. The second-order valence-electron chi connectivity index (χ2n) is 6.08. The predicted octanol–water partition coefficient (Wildman–Crippen LogP) is 3.15. The van der Waals surface area contributed by atoms with Crippen LogP contribution in [0.3, 0.4) is 0 Å². The number of Topliss-reactive ketones (excluding diaryl/α,β-unsaturated/α-hetero) is 1. The SMILES string of the molecule is CCC(=O)c1cccc(-c2ccc(C(=O)N(C)CCC(=O)NC)cc2)c1. The zero-order valence-corrected chi connectivity index (χ0v) is 15.4. The molecule has 5 nitrogen and oxygen atoms in total. The zero-order valence-electron chi connectivity index (χ0n) is 15.4. The number of hydrogen-bond acceptors (Lipinski definition) is 3. The number of nitrogens with one attached hydrogen (secondary N) is 1. The summed E-state index contributed by atoms with van der Waals surface area (Å²) in [5.41, 5.74) is 3.14. The van der Waals surface area contributed by atoms with Crippen LogP contribution in [0.1, 0.15) is 40.5 Å². The van der Waals surface area contributed by atoms with Gasteiger partial charge in [-0.3, -0.25) is 14.4 Å². The first-order chi connectivity index (χ1) is 12.5. The molecule has 2 amide bonds. The Balaban J connectivity index is 2.11. The van der Waals surface area contributed by atoms with E-state index in [0.717, 1.165) is 11.1 Å². The largest absolute Gasteiger partial charge is 0.359 e. The molecule has 0 fully saturated rings. The Kier molecular flexibility index (Phi) is 6.67. The Bertz CT molecular complexity index is 797. The Morgan fingerprint density at radius 3 is 2.27 bits per heavy atom. The molecule has 0 unspecified atom stereocenters. The summed E-state index contributed by atoms with van der Waals surface area (Å²) in [6.45, 7) is 2.21. The molecule has 5 heteroatoms. The van der Waals surface area contributed by atoms with Crippen molar-refractivity contribution in [3.63, 3.8) is 0 Å². The predicted molar refractivity (Wildman–Crippen MR) is 102 cm³/mol. The summed E-state index contributed by atoms with van der Waals surface area (Å²) in [7, 11) is 3.25. The van der Waals surface area contributed by atoms with Crippen LogP contribution in [0.15, 0.2) is 48.5 Å². The normalized spacial score (nSPS) is 10.3. The van der Waals surface area contributed by atoms with Gasteiger partial charge in [-0.2, -0.15) is 0 Å². The monoisotopic (exact) mass is 352 g/mol. The van der Waals surface area contributed by atoms with E-state index in [1.54, 1.807) is 26.2 Å². The molecule has 0 radical (unpaired) electrons. The lowest BCUT2D eigenvalue weighted by atomic mass is 9.99. The van der Waals surface area contributed by atoms with Gasteiger partial charge in [0, 0.05) is 44.6 Å². The van der Waals surface area contributed by atoms with Gasteiger partial charge in [-0.15, -0.1) is 0 Å². The molecule has 2 aromatic carbocycles. The average Bonchev–Trinajstić information content (AvgIpc) is 2.70. The third kappa shape index (κ3) is 4.79. The molecule has 0 aliphatic carbocycles. The third-order valence-electron chi connectivity index (χ3n) is 4.27. The van der Waals surface area contributed by atoms with Crippen LogP contribution in [0.25, 0.3) is 11.1 Å². The molecular weight excluding hydrogens is 328 g/mol. The smallest absolute Gasteiger partial charge is 0.253 e. The van der Waals surface area contributed by atoms with Crippen molar-refractivity contribution >= 4 is 17.6 Å². The molecule has 2 rings (SSSR count). The summed E-state index contributed by atoms with van der Waals surface area (Å²) < 4.78 is 0. The van der Waals surface area contributed by atoms with Gasteiger partial charge in [0.1, 0.15) is 0 Å². The standard InChI is InChI=1S/C21H24N2O3/c1-4-19(24)18-7-5-6-17(14-18)15-8-10-16(11-9-15)21(26)23(3)13-12-20(25)22-2/h5-11,14H,4,12-13H2,1-3H3,(H,22,25). The van der Waals surface area contributed by atoms with Gasteiger partial charge in [-0.25, -0.2) is 0 Å². The highest BCUT2D eigenvalue weighted by Gasteiger charge is 2.13. The molecule has 0 saturated heterocycles. The molecule has 0 aromatic heterocycles. The maximum Gasteiger partial charge on any atom is 0.253 e. The number of benzene rings is 2. The minimum absolute atomic E-state index is 0.0958. The summed E-state index contributed by atoms with van der Waals surface area (Å²) in [6, 6.07) is 14.8. The molecule has 26 heavy (non-hydrogen) atoms. The van der Waals surface area contributed by atoms with E-state index in [0.29, 0.717) is 24.1 Å². The lowest BCUT2D eigenvalue weighted by Crippen LogP contribution is -2.31. The van der Waals surface area contributed by atoms with Crippen LogP contribution in [0, 0.1) is 0 Å². The lowest BCUT2D eigenvalue weighted by Gasteiger charge is -2.17. The quantitative estimate of drug-likeness (QED) is 0.779. The maximum absolute atomic E-state index is 12.4. The summed E-state index contributed by atoms with van der Waals surface area (Å²) in [5.74, 6) is -0.117. The van der Waals surface area contributed by atoms with Gasteiger partial charge in [-0.05, 0) is 29.3 Å². The fraction of sp³-hybridized carbons (Fsp3) is 0.286. The molecule has 0 aliphatic heterocycles. The number of carbonyl (C=O) groups is 3. The van der Waals surface area contributed by atoms with Crippen LogP contribution in [-0.4, -0.2) is 43.1 Å². The van der Waals surface area contributed by atoms with E-state index < -0.39 is 0 Å². The van der Waals surface area contributed by atoms with Crippen molar-refractivity contribution in [2.45, 2.75) is 19.8 Å². The number of hydrogen-bond donors (Lipinski definition) is 1. The Hall–Kier alpha value is -2.95. The minimum Gasteiger partial charge on any atom is -0.359 e. The average molecular weight is 352 g/mol. The van der Waals surface area contributed by atoms with Crippen LogP contribution in [0.4, 0.5) is 0 Å². The van der Waals surface area contributed by atoms with Gasteiger partial charge < -0.3 is 10.2 Å². The van der Waals surface area contributed by atoms with Gasteiger partial charge in [0.25, 0.3) is 5.91 Å². The molecular formula is C21H24N2O3. The number of amides is 2. The zero-order chi connectivity index (χ0) is 19.1. The van der Waals surface area contributed by atoms with Crippen LogP contribution < -0.4 is 5.32 Å². The van der Waals surface area contributed by atoms with E-state index in [-0.39, 0.29) is 24.0 Å². The van der Waals surface area contributed by atoms with Gasteiger partial charge in [-0.1, -0.05) is 37.3 Å². The Labute approximate surface area is 154 Å². The van der Waals surface area contributed by atoms with Gasteiger partial charge in [0.05, 0.1) is 0 Å². The van der Waals surface area contributed by atoms with Crippen molar-refractivity contribution in [1.82, 2.24) is 10.2 Å². The Morgan fingerprint density at radius 2 is 1.65 bits per heavy atom. The van der Waals surface area contributed by atoms with Crippen LogP contribution in [0.2, 0.25) is 0 Å². The van der Waals surface area contributed by atoms with E-state index in [1.807, 2.05) is 43.3 Å². The van der Waals surface area contributed by atoms with Crippen LogP contribution >= 0.6 is 0 Å². The van der Waals surface area contributed by atoms with Gasteiger partial charge in [0.2, 0.25) is 5.91 Å². The first-order valence-corrected chi connectivity index (χ1v) is 8.66. The van der Waals surface area contributed by atoms with Crippen molar-refractivity contribution in [1.29, 1.82) is 0 Å². The molecule has 0 saturated carbocycles. The molecule has 0 heterocycles. The van der Waals surface area contributed by atoms with Gasteiger partial charge >= 0.3 is 0 Å². The molecule has 2 aromatic rings. The van der Waals surface area contributed by atoms with Gasteiger partial charge in [0.15, 0.2) is 5.78 Å². The molecule has 0 aliphatic rings. The number of nitrogens with zero attached hydrogens (tertiary/aromatic N) is 1. The minimum atomic E-state index is -0.129. The van der Waals surface area contributed by atoms with E-state index in [2.05, 4.69) is 5.32 Å². The van der Waals surface area contributed by atoms with Crippen molar-refractivity contribution in [2.24, 2.45) is 0 Å². The van der Waals surface area contributed by atoms with Crippen molar-refractivity contribution in [3.8, 4) is 11.1 Å². The number of rotatable bonds is 7. The Morgan fingerprint density at radius 1 is 0.962 bits per heavy atom. The van der Waals surface area contributed by atoms with Crippen LogP contribution in [-0.2, 0) is 4.79 Å². The maximum atomic E-state index is 12.4. The highest BCUT2D eigenvalue weighted by Crippen LogP contribution is 2.22. The van der Waals surface area contributed by atoms with E-state index in [9.17, 15) is 14.4 Å². The third-order valence-corrected chi connectivity index (χ3v) is 4.27. The molecule has 0 atom stereocenters. The molecule has 136 valence electrons. The van der Waals surface area contributed by atoms with E-state index >= 15 is 0 Å².